The van der Waals surface area contributed by atoms with Gasteiger partial charge in [0, 0.05) is 13.1 Å². The number of nitrogens with zero attached hydrogens (tertiary/aromatic N) is 1. The van der Waals surface area contributed by atoms with Crippen molar-refractivity contribution in [2.24, 2.45) is 5.92 Å². The maximum absolute atomic E-state index is 2.61. The molecular weight excluding hydrogens is 158 g/mol. The summed E-state index contributed by atoms with van der Waals surface area (Å²) in [6.45, 7) is 10.6. The Balaban J connectivity index is 2.36. The van der Waals surface area contributed by atoms with E-state index in [4.69, 9.17) is 0 Å². The molecule has 1 rings (SSSR count). The Bertz CT molecular complexity index is 170. The molecule has 0 amide bonds. The molecule has 1 fully saturated rings. The monoisotopic (exact) mass is 181 g/mol. The third kappa shape index (κ3) is 3.95. The van der Waals surface area contributed by atoms with E-state index in [9.17, 15) is 0 Å². The molecule has 0 aliphatic carbocycles. The zero-order valence-corrected chi connectivity index (χ0v) is 9.34. The first-order chi connectivity index (χ1) is 6.22. The molecule has 1 aliphatic heterocycles. The summed E-state index contributed by atoms with van der Waals surface area (Å²) in [5.41, 5.74) is 1.66. The van der Waals surface area contributed by atoms with E-state index in [0.717, 1.165) is 5.92 Å². The summed E-state index contributed by atoms with van der Waals surface area (Å²) in [5.74, 6) is 0.812. The van der Waals surface area contributed by atoms with Gasteiger partial charge >= 0.3 is 0 Å². The fourth-order valence-corrected chi connectivity index (χ4v) is 2.06. The fraction of sp³-hybridized carbons (Fsp3) is 0.833. The summed E-state index contributed by atoms with van der Waals surface area (Å²) in [5, 5.41) is 0. The molecule has 0 atom stereocenters. The summed E-state index contributed by atoms with van der Waals surface area (Å²) < 4.78 is 0. The maximum atomic E-state index is 2.61. The van der Waals surface area contributed by atoms with Gasteiger partial charge in [-0.15, -0.1) is 0 Å². The lowest BCUT2D eigenvalue weighted by Crippen LogP contribution is -2.28. The van der Waals surface area contributed by atoms with Crippen LogP contribution in [-0.2, 0) is 0 Å². The van der Waals surface area contributed by atoms with Crippen molar-refractivity contribution >= 4 is 0 Å². The van der Waals surface area contributed by atoms with Crippen LogP contribution in [0.3, 0.4) is 0 Å². The molecule has 0 spiro atoms. The average molecular weight is 181 g/mol. The second-order valence-electron chi connectivity index (χ2n) is 4.49. The number of rotatable bonds is 2. The van der Waals surface area contributed by atoms with E-state index in [1.165, 1.54) is 38.9 Å². The lowest BCUT2D eigenvalue weighted by atomic mass is 10.1. The molecule has 13 heavy (non-hydrogen) atoms. The van der Waals surface area contributed by atoms with E-state index in [1.807, 2.05) is 0 Å². The SMILES string of the molecule is CC=C1CCCN(CC(C)C)CC1. The summed E-state index contributed by atoms with van der Waals surface area (Å²) in [7, 11) is 0. The molecule has 1 heterocycles. The molecule has 76 valence electrons. The van der Waals surface area contributed by atoms with Crippen molar-refractivity contribution in [3.8, 4) is 0 Å². The second-order valence-corrected chi connectivity index (χ2v) is 4.49. The van der Waals surface area contributed by atoms with E-state index < -0.39 is 0 Å². The lowest BCUT2D eigenvalue weighted by molar-refractivity contribution is 0.255. The molecule has 0 N–H and O–H groups in total. The van der Waals surface area contributed by atoms with Crippen LogP contribution in [0.25, 0.3) is 0 Å². The Morgan fingerprint density at radius 2 is 2.08 bits per heavy atom. The number of allylic oxidation sites excluding steroid dienone is 1. The molecule has 1 nitrogen and oxygen atoms in total. The zero-order chi connectivity index (χ0) is 9.68. The highest BCUT2D eigenvalue weighted by atomic mass is 15.1. The minimum Gasteiger partial charge on any atom is -0.303 e. The van der Waals surface area contributed by atoms with Crippen molar-refractivity contribution in [1.29, 1.82) is 0 Å². The van der Waals surface area contributed by atoms with Crippen molar-refractivity contribution < 1.29 is 0 Å². The van der Waals surface area contributed by atoms with Crippen LogP contribution >= 0.6 is 0 Å². The molecule has 0 unspecified atom stereocenters. The summed E-state index contributed by atoms with van der Waals surface area (Å²) in [6, 6.07) is 0. The van der Waals surface area contributed by atoms with Crippen LogP contribution in [0.1, 0.15) is 40.0 Å². The van der Waals surface area contributed by atoms with Gasteiger partial charge in [0.2, 0.25) is 0 Å². The smallest absolute Gasteiger partial charge is 0.00187 e. The lowest BCUT2D eigenvalue weighted by Gasteiger charge is -2.21. The van der Waals surface area contributed by atoms with E-state index in [-0.39, 0.29) is 0 Å². The van der Waals surface area contributed by atoms with Crippen LogP contribution < -0.4 is 0 Å². The first-order valence-corrected chi connectivity index (χ1v) is 5.58. The summed E-state index contributed by atoms with van der Waals surface area (Å²) >= 11 is 0. The third-order valence-corrected chi connectivity index (χ3v) is 2.75. The van der Waals surface area contributed by atoms with Gasteiger partial charge in [0.05, 0.1) is 0 Å². The van der Waals surface area contributed by atoms with E-state index in [0.29, 0.717) is 0 Å². The van der Waals surface area contributed by atoms with Crippen molar-refractivity contribution in [2.45, 2.75) is 40.0 Å². The minimum absolute atomic E-state index is 0.812. The van der Waals surface area contributed by atoms with Gasteiger partial charge in [0.15, 0.2) is 0 Å². The predicted molar refractivity (Wildman–Crippen MR) is 58.9 cm³/mol. The molecule has 1 aliphatic rings. The first-order valence-electron chi connectivity index (χ1n) is 5.58. The maximum Gasteiger partial charge on any atom is 0.00187 e. The molecule has 0 radical (unpaired) electrons. The highest BCUT2D eigenvalue weighted by Crippen LogP contribution is 2.16. The van der Waals surface area contributed by atoms with Crippen LogP contribution in [-0.4, -0.2) is 24.5 Å². The summed E-state index contributed by atoms with van der Waals surface area (Å²) in [4.78, 5) is 2.61. The molecule has 0 aromatic rings. The first kappa shape index (κ1) is 10.8. The number of hydrogen-bond donors (Lipinski definition) is 0. The van der Waals surface area contributed by atoms with Crippen molar-refractivity contribution in [2.75, 3.05) is 19.6 Å². The van der Waals surface area contributed by atoms with Crippen LogP contribution in [0.4, 0.5) is 0 Å². The van der Waals surface area contributed by atoms with Crippen molar-refractivity contribution in [3.63, 3.8) is 0 Å². The highest BCUT2D eigenvalue weighted by Gasteiger charge is 2.11. The van der Waals surface area contributed by atoms with Gasteiger partial charge in [-0.3, -0.25) is 0 Å². The molecule has 0 aromatic carbocycles. The normalized spacial score (nSPS) is 23.8. The van der Waals surface area contributed by atoms with E-state index in [2.05, 4.69) is 31.7 Å². The topological polar surface area (TPSA) is 3.24 Å². The van der Waals surface area contributed by atoms with Gasteiger partial charge in [0.1, 0.15) is 0 Å². The molecule has 0 aromatic heterocycles. The average Bonchev–Trinajstić information content (AvgIpc) is 2.29. The summed E-state index contributed by atoms with van der Waals surface area (Å²) in [6.07, 6.45) is 6.28. The van der Waals surface area contributed by atoms with Crippen LogP contribution in [0.5, 0.6) is 0 Å². The molecule has 1 saturated heterocycles. The van der Waals surface area contributed by atoms with E-state index in [1.54, 1.807) is 5.57 Å². The second kappa shape index (κ2) is 5.43. The van der Waals surface area contributed by atoms with Gasteiger partial charge in [-0.05, 0) is 38.6 Å². The van der Waals surface area contributed by atoms with Crippen molar-refractivity contribution in [3.05, 3.63) is 11.6 Å². The van der Waals surface area contributed by atoms with Gasteiger partial charge in [-0.2, -0.15) is 0 Å². The van der Waals surface area contributed by atoms with Crippen molar-refractivity contribution in [1.82, 2.24) is 4.90 Å². The zero-order valence-electron chi connectivity index (χ0n) is 9.34. The number of likely N-dealkylation sites (tertiary alicyclic amines) is 1. The van der Waals surface area contributed by atoms with Crippen LogP contribution in [0, 0.1) is 5.92 Å². The molecular formula is C12H23N. The van der Waals surface area contributed by atoms with Crippen LogP contribution in [0.15, 0.2) is 11.6 Å². The Morgan fingerprint density at radius 1 is 1.31 bits per heavy atom. The third-order valence-electron chi connectivity index (χ3n) is 2.75. The van der Waals surface area contributed by atoms with Gasteiger partial charge < -0.3 is 4.90 Å². The van der Waals surface area contributed by atoms with Crippen LogP contribution in [0.2, 0.25) is 0 Å². The largest absolute Gasteiger partial charge is 0.303 e. The Kier molecular flexibility index (Phi) is 4.51. The Hall–Kier alpha value is -0.300. The van der Waals surface area contributed by atoms with Gasteiger partial charge in [-0.25, -0.2) is 0 Å². The number of hydrogen-bond acceptors (Lipinski definition) is 1. The molecule has 0 saturated carbocycles. The predicted octanol–water partition coefficient (Wildman–Crippen LogP) is 3.07. The molecule has 0 bridgehead atoms. The minimum atomic E-state index is 0.812. The van der Waals surface area contributed by atoms with Gasteiger partial charge in [0.25, 0.3) is 0 Å². The Morgan fingerprint density at radius 3 is 2.69 bits per heavy atom. The quantitative estimate of drug-likeness (QED) is 0.592. The Labute approximate surface area is 82.8 Å². The standard InChI is InChI=1S/C12H23N/c1-4-12-6-5-8-13(9-7-12)10-11(2)3/h4,11H,5-10H2,1-3H3. The van der Waals surface area contributed by atoms with Gasteiger partial charge in [-0.1, -0.05) is 25.5 Å². The fourth-order valence-electron chi connectivity index (χ4n) is 2.06. The molecule has 1 heteroatoms. The van der Waals surface area contributed by atoms with E-state index >= 15 is 0 Å². The highest BCUT2D eigenvalue weighted by molar-refractivity contribution is 5.02.